The molecule has 1 N–H and O–H groups in total. The van der Waals surface area contributed by atoms with Crippen LogP contribution in [0.4, 0.5) is 5.82 Å². The predicted molar refractivity (Wildman–Crippen MR) is 121 cm³/mol. The number of ether oxygens (including phenoxy) is 1. The number of hydrogen-bond acceptors (Lipinski definition) is 7. The number of aromatic nitrogens is 2. The largest absolute Gasteiger partial charge is 0.383 e. The Labute approximate surface area is 179 Å². The lowest BCUT2D eigenvalue weighted by atomic mass is 10.2. The minimum Gasteiger partial charge on any atom is -0.383 e. The molecule has 0 unspecified atom stereocenters. The van der Waals surface area contributed by atoms with E-state index in [1.807, 2.05) is 26.8 Å². The van der Waals surface area contributed by atoms with Crippen LogP contribution in [0.15, 0.2) is 28.0 Å². The average molecular weight is 433 g/mol. The highest BCUT2D eigenvalue weighted by molar-refractivity contribution is 8.26. The third-order valence-electron chi connectivity index (χ3n) is 4.38. The summed E-state index contributed by atoms with van der Waals surface area (Å²) in [4.78, 5) is 32.7. The maximum absolute atomic E-state index is 13.2. The van der Waals surface area contributed by atoms with E-state index in [2.05, 4.69) is 10.3 Å². The molecule has 3 heterocycles. The molecule has 2 aromatic heterocycles. The van der Waals surface area contributed by atoms with Crippen LogP contribution in [0.3, 0.4) is 0 Å². The van der Waals surface area contributed by atoms with E-state index in [9.17, 15) is 9.59 Å². The van der Waals surface area contributed by atoms with Crippen LogP contribution in [0.5, 0.6) is 0 Å². The summed E-state index contributed by atoms with van der Waals surface area (Å²) in [5.41, 5.74) is 1.54. The number of nitrogens with one attached hydrogen (secondary N) is 1. The molecule has 0 bridgehead atoms. The molecule has 1 amide bonds. The lowest BCUT2D eigenvalue weighted by molar-refractivity contribution is -0.122. The fourth-order valence-corrected chi connectivity index (χ4v) is 4.26. The lowest BCUT2D eigenvalue weighted by Gasteiger charge is -2.16. The number of amides is 1. The van der Waals surface area contributed by atoms with Crippen molar-refractivity contribution in [2.24, 2.45) is 5.92 Å². The van der Waals surface area contributed by atoms with Gasteiger partial charge in [-0.15, -0.1) is 0 Å². The topological polar surface area (TPSA) is 75.9 Å². The molecule has 154 valence electrons. The smallest absolute Gasteiger partial charge is 0.267 e. The molecule has 7 nitrogen and oxygen atoms in total. The molecule has 1 fully saturated rings. The molecule has 1 aliphatic heterocycles. The summed E-state index contributed by atoms with van der Waals surface area (Å²) in [6.07, 6.45) is 3.27. The molecule has 29 heavy (non-hydrogen) atoms. The van der Waals surface area contributed by atoms with Gasteiger partial charge in [-0.05, 0) is 30.5 Å². The average Bonchev–Trinajstić information content (AvgIpc) is 2.92. The number of aryl methyl sites for hydroxylation is 1. The molecule has 2 aromatic rings. The maximum Gasteiger partial charge on any atom is 0.267 e. The van der Waals surface area contributed by atoms with Crippen LogP contribution in [0, 0.1) is 12.8 Å². The van der Waals surface area contributed by atoms with Gasteiger partial charge < -0.3 is 10.1 Å². The van der Waals surface area contributed by atoms with Crippen LogP contribution in [0.2, 0.25) is 0 Å². The normalized spacial score (nSPS) is 15.9. The van der Waals surface area contributed by atoms with E-state index in [4.69, 9.17) is 17.0 Å². The van der Waals surface area contributed by atoms with Crippen molar-refractivity contribution in [3.8, 4) is 0 Å². The summed E-state index contributed by atoms with van der Waals surface area (Å²) in [6.45, 7) is 7.46. The summed E-state index contributed by atoms with van der Waals surface area (Å²) < 4.78 is 7.09. The number of rotatable bonds is 7. The fraction of sp³-hybridized carbons (Fsp3) is 0.400. The first-order valence-electron chi connectivity index (χ1n) is 9.33. The lowest BCUT2D eigenvalue weighted by Crippen LogP contribution is -2.31. The second-order valence-electron chi connectivity index (χ2n) is 7.17. The minimum atomic E-state index is -0.243. The molecular weight excluding hydrogens is 408 g/mol. The number of hydrogen-bond donors (Lipinski definition) is 1. The Kier molecular flexibility index (Phi) is 6.71. The van der Waals surface area contributed by atoms with E-state index in [1.165, 1.54) is 16.2 Å². The molecule has 0 aliphatic carbocycles. The number of anilines is 1. The van der Waals surface area contributed by atoms with Crippen LogP contribution < -0.4 is 10.9 Å². The summed E-state index contributed by atoms with van der Waals surface area (Å²) in [5, 5.41) is 3.16. The molecule has 0 spiro atoms. The fourth-order valence-electron chi connectivity index (χ4n) is 3.00. The zero-order valence-electron chi connectivity index (χ0n) is 16.9. The second kappa shape index (κ2) is 9.06. The molecule has 1 saturated heterocycles. The van der Waals surface area contributed by atoms with Crippen LogP contribution >= 0.6 is 24.0 Å². The highest BCUT2D eigenvalue weighted by Gasteiger charge is 2.32. The van der Waals surface area contributed by atoms with Gasteiger partial charge in [0.25, 0.3) is 11.5 Å². The van der Waals surface area contributed by atoms with Crippen molar-refractivity contribution < 1.29 is 9.53 Å². The Morgan fingerprint density at radius 3 is 2.83 bits per heavy atom. The maximum atomic E-state index is 13.2. The Morgan fingerprint density at radius 1 is 1.38 bits per heavy atom. The minimum absolute atomic E-state index is 0.176. The Balaban J connectivity index is 2.10. The number of methoxy groups -OCH3 is 1. The zero-order valence-corrected chi connectivity index (χ0v) is 18.5. The number of pyridine rings is 1. The van der Waals surface area contributed by atoms with Crippen LogP contribution in [0.1, 0.15) is 25.0 Å². The number of carbonyl (C=O) groups is 1. The van der Waals surface area contributed by atoms with E-state index in [0.717, 1.165) is 5.56 Å². The van der Waals surface area contributed by atoms with Gasteiger partial charge in [0.2, 0.25) is 0 Å². The van der Waals surface area contributed by atoms with Crippen molar-refractivity contribution in [2.75, 3.05) is 32.1 Å². The third kappa shape index (κ3) is 4.52. The van der Waals surface area contributed by atoms with Crippen molar-refractivity contribution in [3.63, 3.8) is 0 Å². The van der Waals surface area contributed by atoms with Gasteiger partial charge in [0.15, 0.2) is 0 Å². The van der Waals surface area contributed by atoms with Gasteiger partial charge in [0, 0.05) is 26.4 Å². The van der Waals surface area contributed by atoms with E-state index in [1.54, 1.807) is 30.3 Å². The van der Waals surface area contributed by atoms with E-state index in [0.29, 0.717) is 51.9 Å². The first-order valence-corrected chi connectivity index (χ1v) is 10.6. The molecule has 0 aromatic carbocycles. The Bertz CT molecular complexity index is 1050. The van der Waals surface area contributed by atoms with Crippen molar-refractivity contribution >= 4 is 51.7 Å². The third-order valence-corrected chi connectivity index (χ3v) is 5.76. The van der Waals surface area contributed by atoms with E-state index < -0.39 is 0 Å². The number of thiocarbonyl (C=S) groups is 1. The van der Waals surface area contributed by atoms with Crippen molar-refractivity contribution in [3.05, 3.63) is 44.7 Å². The molecule has 3 rings (SSSR count). The van der Waals surface area contributed by atoms with Gasteiger partial charge in [0.1, 0.15) is 15.8 Å². The standard InChI is InChI=1S/C20H24N4O3S2/c1-12(2)11-24-19(26)15(29-20(24)28)10-14-16(21-7-9-27-4)22-17-13(3)6-5-8-23(17)18(14)25/h5-6,8,10,12,21H,7,9,11H2,1-4H3/b15-10-. The number of thioether (sulfide) groups is 1. The highest BCUT2D eigenvalue weighted by Crippen LogP contribution is 2.33. The summed E-state index contributed by atoms with van der Waals surface area (Å²) >= 11 is 6.58. The molecule has 0 saturated carbocycles. The molecule has 9 heteroatoms. The number of fused-ring (bicyclic) bond motifs is 1. The molecule has 1 aliphatic rings. The predicted octanol–water partition coefficient (Wildman–Crippen LogP) is 2.92. The van der Waals surface area contributed by atoms with Gasteiger partial charge in [-0.2, -0.15) is 0 Å². The summed E-state index contributed by atoms with van der Waals surface area (Å²) in [6, 6.07) is 3.70. The first kappa shape index (κ1) is 21.5. The Hall–Kier alpha value is -2.23. The van der Waals surface area contributed by atoms with Gasteiger partial charge in [-0.3, -0.25) is 18.9 Å². The molecule has 0 atom stereocenters. The summed E-state index contributed by atoms with van der Waals surface area (Å²) in [5.74, 6) is 0.541. The Morgan fingerprint density at radius 2 is 2.14 bits per heavy atom. The number of nitrogens with zero attached hydrogens (tertiary/aromatic N) is 3. The summed E-state index contributed by atoms with van der Waals surface area (Å²) in [7, 11) is 1.61. The SMILES string of the molecule is COCCNc1nc2c(C)cccn2c(=O)c1/C=C1\SC(=S)N(CC(C)C)C1=O. The van der Waals surface area contributed by atoms with Crippen LogP contribution in [-0.2, 0) is 9.53 Å². The number of carbonyl (C=O) groups excluding carboxylic acids is 1. The van der Waals surface area contributed by atoms with Crippen molar-refractivity contribution in [1.82, 2.24) is 14.3 Å². The molecular formula is C20H24N4O3S2. The van der Waals surface area contributed by atoms with Gasteiger partial charge in [-0.1, -0.05) is 43.9 Å². The quantitative estimate of drug-likeness (QED) is 0.410. The highest BCUT2D eigenvalue weighted by atomic mass is 32.2. The van der Waals surface area contributed by atoms with Crippen LogP contribution in [0.25, 0.3) is 11.7 Å². The van der Waals surface area contributed by atoms with Gasteiger partial charge in [-0.25, -0.2) is 4.98 Å². The first-order chi connectivity index (χ1) is 13.8. The molecule has 0 radical (unpaired) electrons. The van der Waals surface area contributed by atoms with Crippen molar-refractivity contribution in [1.29, 1.82) is 0 Å². The van der Waals surface area contributed by atoms with Gasteiger partial charge >= 0.3 is 0 Å². The van der Waals surface area contributed by atoms with Gasteiger partial charge in [0.05, 0.1) is 17.1 Å². The monoisotopic (exact) mass is 432 g/mol. The second-order valence-corrected chi connectivity index (χ2v) is 8.85. The van der Waals surface area contributed by atoms with E-state index in [-0.39, 0.29) is 11.5 Å². The zero-order chi connectivity index (χ0) is 21.1. The van der Waals surface area contributed by atoms with E-state index >= 15 is 0 Å². The van der Waals surface area contributed by atoms with Crippen molar-refractivity contribution in [2.45, 2.75) is 20.8 Å². The van der Waals surface area contributed by atoms with Crippen LogP contribution in [-0.4, -0.2) is 51.3 Å².